The van der Waals surface area contributed by atoms with Crippen molar-refractivity contribution in [2.24, 2.45) is 0 Å². The van der Waals surface area contributed by atoms with Crippen LogP contribution < -0.4 is 0 Å². The van der Waals surface area contributed by atoms with Gasteiger partial charge in [-0.15, -0.1) is 0 Å². The summed E-state index contributed by atoms with van der Waals surface area (Å²) in [6.07, 6.45) is 0.265. The molecule has 0 aromatic heterocycles. The summed E-state index contributed by atoms with van der Waals surface area (Å²) in [5.41, 5.74) is 4.52. The molecule has 4 nitrogen and oxygen atoms in total. The molecule has 2 rings (SSSR count). The summed E-state index contributed by atoms with van der Waals surface area (Å²) in [6.45, 7) is 4.64. The summed E-state index contributed by atoms with van der Waals surface area (Å²) < 4.78 is 0. The fraction of sp³-hybridized carbons (Fsp3) is 0.263. The van der Waals surface area contributed by atoms with Gasteiger partial charge in [-0.25, -0.2) is 4.79 Å². The van der Waals surface area contributed by atoms with Crippen molar-refractivity contribution in [2.75, 3.05) is 7.05 Å². The highest BCUT2D eigenvalue weighted by molar-refractivity contribution is 5.87. The van der Waals surface area contributed by atoms with Gasteiger partial charge < -0.3 is 10.0 Å². The van der Waals surface area contributed by atoms with E-state index in [-0.39, 0.29) is 17.9 Å². The maximum Gasteiger partial charge on any atom is 0.335 e. The molecule has 0 heterocycles. The number of aromatic carboxylic acids is 1. The van der Waals surface area contributed by atoms with Crippen molar-refractivity contribution in [3.8, 4) is 0 Å². The molecule has 0 aliphatic heterocycles. The summed E-state index contributed by atoms with van der Waals surface area (Å²) in [4.78, 5) is 24.9. The van der Waals surface area contributed by atoms with Crippen molar-refractivity contribution in [1.29, 1.82) is 0 Å². The predicted octanol–water partition coefficient (Wildman–Crippen LogP) is 3.20. The number of carbonyl (C=O) groups excluding carboxylic acids is 1. The van der Waals surface area contributed by atoms with Crippen molar-refractivity contribution < 1.29 is 14.7 Å². The molecular formula is C19H21NO3. The van der Waals surface area contributed by atoms with Gasteiger partial charge in [0.15, 0.2) is 0 Å². The molecule has 23 heavy (non-hydrogen) atoms. The van der Waals surface area contributed by atoms with Gasteiger partial charge in [0.1, 0.15) is 0 Å². The average Bonchev–Trinajstić information content (AvgIpc) is 2.51. The number of benzene rings is 2. The Morgan fingerprint density at radius 2 is 1.70 bits per heavy atom. The maximum absolute atomic E-state index is 12.3. The molecule has 0 fully saturated rings. The summed E-state index contributed by atoms with van der Waals surface area (Å²) in [5.74, 6) is -0.955. The zero-order valence-corrected chi connectivity index (χ0v) is 13.7. The highest BCUT2D eigenvalue weighted by atomic mass is 16.4. The average molecular weight is 311 g/mol. The summed E-state index contributed by atoms with van der Waals surface area (Å²) in [6, 6.07) is 12.6. The van der Waals surface area contributed by atoms with Crippen molar-refractivity contribution in [3.05, 3.63) is 70.3 Å². The summed E-state index contributed by atoms with van der Waals surface area (Å²) >= 11 is 0. The zero-order valence-electron chi connectivity index (χ0n) is 13.7. The van der Waals surface area contributed by atoms with Crippen molar-refractivity contribution in [1.82, 2.24) is 4.90 Å². The Hall–Kier alpha value is -2.62. The molecule has 1 N–H and O–H groups in total. The van der Waals surface area contributed by atoms with Gasteiger partial charge in [-0.2, -0.15) is 0 Å². The zero-order chi connectivity index (χ0) is 17.0. The van der Waals surface area contributed by atoms with E-state index in [1.807, 2.05) is 13.8 Å². The first-order chi connectivity index (χ1) is 10.9. The van der Waals surface area contributed by atoms with Crippen LogP contribution in [0, 0.1) is 13.8 Å². The molecule has 0 saturated carbocycles. The van der Waals surface area contributed by atoms with Crippen LogP contribution in [-0.2, 0) is 17.8 Å². The molecule has 0 spiro atoms. The molecule has 0 bridgehead atoms. The quantitative estimate of drug-likeness (QED) is 0.922. The number of nitrogens with zero attached hydrogens (tertiary/aromatic N) is 1. The summed E-state index contributed by atoms with van der Waals surface area (Å²) in [7, 11) is 1.79. The fourth-order valence-electron chi connectivity index (χ4n) is 2.39. The van der Waals surface area contributed by atoms with E-state index in [0.717, 1.165) is 11.1 Å². The Balaban J connectivity index is 2.02. The number of rotatable bonds is 5. The second-order valence-electron chi connectivity index (χ2n) is 5.86. The van der Waals surface area contributed by atoms with E-state index in [4.69, 9.17) is 5.11 Å². The lowest BCUT2D eigenvalue weighted by atomic mass is 10.0. The summed E-state index contributed by atoms with van der Waals surface area (Å²) in [5, 5.41) is 8.88. The second kappa shape index (κ2) is 7.09. The molecular weight excluding hydrogens is 290 g/mol. The molecule has 1 amide bonds. The Labute approximate surface area is 136 Å². The van der Waals surface area contributed by atoms with Crippen molar-refractivity contribution in [3.63, 3.8) is 0 Å². The van der Waals surface area contributed by atoms with Crippen molar-refractivity contribution >= 4 is 11.9 Å². The second-order valence-corrected chi connectivity index (χ2v) is 5.86. The topological polar surface area (TPSA) is 57.6 Å². The fourth-order valence-corrected chi connectivity index (χ4v) is 2.39. The molecule has 0 atom stereocenters. The molecule has 2 aromatic carbocycles. The molecule has 0 unspecified atom stereocenters. The third kappa shape index (κ3) is 4.42. The van der Waals surface area contributed by atoms with Crippen LogP contribution in [0.3, 0.4) is 0 Å². The van der Waals surface area contributed by atoms with Crippen LogP contribution in [0.5, 0.6) is 0 Å². The van der Waals surface area contributed by atoms with Gasteiger partial charge in [-0.3, -0.25) is 4.79 Å². The minimum absolute atomic E-state index is 0.00832. The minimum Gasteiger partial charge on any atom is -0.478 e. The Kier molecular flexibility index (Phi) is 5.16. The van der Waals surface area contributed by atoms with Crippen LogP contribution in [0.4, 0.5) is 0 Å². The molecule has 0 aliphatic carbocycles. The lowest BCUT2D eigenvalue weighted by Gasteiger charge is -2.19. The van der Waals surface area contributed by atoms with E-state index in [1.54, 1.807) is 24.1 Å². The number of amides is 1. The lowest BCUT2D eigenvalue weighted by Crippen LogP contribution is -2.28. The molecule has 0 saturated heterocycles. The van der Waals surface area contributed by atoms with E-state index in [1.165, 1.54) is 23.3 Å². The van der Waals surface area contributed by atoms with Crippen LogP contribution in [-0.4, -0.2) is 28.9 Å². The predicted molar refractivity (Wildman–Crippen MR) is 89.5 cm³/mol. The van der Waals surface area contributed by atoms with Gasteiger partial charge in [0.25, 0.3) is 0 Å². The number of hydrogen-bond acceptors (Lipinski definition) is 2. The third-order valence-corrected chi connectivity index (χ3v) is 3.89. The minimum atomic E-state index is -0.963. The van der Waals surface area contributed by atoms with Gasteiger partial charge in [0.2, 0.25) is 5.91 Å². The third-order valence-electron chi connectivity index (χ3n) is 3.89. The number of carboxylic acid groups (broad SMARTS) is 1. The van der Waals surface area contributed by atoms with Crippen LogP contribution in [0.25, 0.3) is 0 Å². The molecule has 4 heteroatoms. The highest BCUT2D eigenvalue weighted by Crippen LogP contribution is 2.14. The number of hydrogen-bond donors (Lipinski definition) is 1. The maximum atomic E-state index is 12.3. The largest absolute Gasteiger partial charge is 0.478 e. The van der Waals surface area contributed by atoms with Gasteiger partial charge in [-0.05, 0) is 42.7 Å². The van der Waals surface area contributed by atoms with Crippen LogP contribution in [0.15, 0.2) is 42.5 Å². The molecule has 2 aromatic rings. The van der Waals surface area contributed by atoms with Gasteiger partial charge in [0, 0.05) is 13.6 Å². The Bertz CT molecular complexity index is 720. The Morgan fingerprint density at radius 1 is 1.04 bits per heavy atom. The number of likely N-dealkylation sites (N-methyl/N-ethyl adjacent to an activating group) is 1. The normalized spacial score (nSPS) is 10.4. The smallest absolute Gasteiger partial charge is 0.335 e. The number of carboxylic acids is 1. The van der Waals surface area contributed by atoms with Crippen LogP contribution in [0.1, 0.15) is 32.6 Å². The standard InChI is InChI=1S/C19H21NO3/c1-13-4-5-14(2)17(10-13)12-20(3)18(21)11-15-6-8-16(9-7-15)19(22)23/h4-10H,11-12H2,1-3H3,(H,22,23). The monoisotopic (exact) mass is 311 g/mol. The van der Waals surface area contributed by atoms with Crippen LogP contribution in [0.2, 0.25) is 0 Å². The molecule has 0 radical (unpaired) electrons. The van der Waals surface area contributed by atoms with E-state index in [9.17, 15) is 9.59 Å². The lowest BCUT2D eigenvalue weighted by molar-refractivity contribution is -0.129. The molecule has 120 valence electrons. The van der Waals surface area contributed by atoms with Gasteiger partial charge in [0.05, 0.1) is 12.0 Å². The SMILES string of the molecule is Cc1ccc(C)c(CN(C)C(=O)Cc2ccc(C(=O)O)cc2)c1. The molecule has 0 aliphatic rings. The first kappa shape index (κ1) is 16.7. The first-order valence-corrected chi connectivity index (χ1v) is 7.49. The van der Waals surface area contributed by atoms with E-state index < -0.39 is 5.97 Å². The first-order valence-electron chi connectivity index (χ1n) is 7.49. The Morgan fingerprint density at radius 3 is 2.30 bits per heavy atom. The van der Waals surface area contributed by atoms with Gasteiger partial charge >= 0.3 is 5.97 Å². The highest BCUT2D eigenvalue weighted by Gasteiger charge is 2.12. The van der Waals surface area contributed by atoms with Crippen LogP contribution >= 0.6 is 0 Å². The van der Waals surface area contributed by atoms with E-state index >= 15 is 0 Å². The van der Waals surface area contributed by atoms with Crippen molar-refractivity contribution in [2.45, 2.75) is 26.8 Å². The number of carbonyl (C=O) groups is 2. The number of aryl methyl sites for hydroxylation is 2. The van der Waals surface area contributed by atoms with Gasteiger partial charge in [-0.1, -0.05) is 35.9 Å². The van der Waals surface area contributed by atoms with E-state index in [0.29, 0.717) is 6.54 Å². The van der Waals surface area contributed by atoms with E-state index in [2.05, 4.69) is 18.2 Å².